The molecule has 24 heavy (non-hydrogen) atoms. The maximum atomic E-state index is 12.5. The Kier molecular flexibility index (Phi) is 4.99. The van der Waals surface area contributed by atoms with Crippen molar-refractivity contribution in [1.29, 1.82) is 0 Å². The molecule has 1 unspecified atom stereocenters. The smallest absolute Gasteiger partial charge is 0.317 e. The summed E-state index contributed by atoms with van der Waals surface area (Å²) in [5, 5.41) is 13.9. The Labute approximate surface area is 141 Å². The van der Waals surface area contributed by atoms with Crippen molar-refractivity contribution in [1.82, 2.24) is 10.2 Å². The van der Waals surface area contributed by atoms with Gasteiger partial charge in [0.1, 0.15) is 0 Å². The molecule has 0 radical (unpaired) electrons. The van der Waals surface area contributed by atoms with E-state index in [2.05, 4.69) is 29.6 Å². The van der Waals surface area contributed by atoms with Gasteiger partial charge in [0, 0.05) is 19.5 Å². The van der Waals surface area contributed by atoms with Crippen molar-refractivity contribution in [2.24, 2.45) is 0 Å². The highest BCUT2D eigenvalue weighted by molar-refractivity contribution is 5.87. The third kappa shape index (κ3) is 3.50. The largest absolute Gasteiger partial charge is 0.481 e. The molecule has 5 nitrogen and oxygen atoms in total. The lowest BCUT2D eigenvalue weighted by Gasteiger charge is -2.26. The lowest BCUT2D eigenvalue weighted by molar-refractivity contribution is -0.137. The summed E-state index contributed by atoms with van der Waals surface area (Å²) in [5.41, 5.74) is 1.19. The molecular formula is C19H22N2O3. The van der Waals surface area contributed by atoms with Gasteiger partial charge in [-0.25, -0.2) is 4.79 Å². The zero-order chi connectivity index (χ0) is 16.9. The summed E-state index contributed by atoms with van der Waals surface area (Å²) >= 11 is 0. The number of hydrogen-bond acceptors (Lipinski definition) is 2. The normalized spacial score (nSPS) is 17.2. The molecule has 1 aliphatic rings. The Morgan fingerprint density at radius 2 is 1.96 bits per heavy atom. The SMILES string of the molecule is O=C(O)CCCNC(=O)N1CCCC1c1cccc2ccccc12. The summed E-state index contributed by atoms with van der Waals surface area (Å²) in [6, 6.07) is 14.4. The van der Waals surface area contributed by atoms with Crippen molar-refractivity contribution in [3.05, 3.63) is 48.0 Å². The molecule has 0 aromatic heterocycles. The van der Waals surface area contributed by atoms with Gasteiger partial charge in [0.05, 0.1) is 6.04 Å². The van der Waals surface area contributed by atoms with Crippen LogP contribution in [0.1, 0.15) is 37.3 Å². The van der Waals surface area contributed by atoms with Crippen LogP contribution in [0.3, 0.4) is 0 Å². The van der Waals surface area contributed by atoms with E-state index in [1.165, 1.54) is 16.3 Å². The number of carbonyl (C=O) groups is 2. The first-order chi connectivity index (χ1) is 11.7. The minimum absolute atomic E-state index is 0.0764. The van der Waals surface area contributed by atoms with E-state index < -0.39 is 5.97 Å². The highest BCUT2D eigenvalue weighted by Gasteiger charge is 2.30. The van der Waals surface area contributed by atoms with Crippen LogP contribution in [-0.4, -0.2) is 35.1 Å². The van der Waals surface area contributed by atoms with Crippen LogP contribution in [0, 0.1) is 0 Å². The van der Waals surface area contributed by atoms with E-state index in [0.29, 0.717) is 13.0 Å². The summed E-state index contributed by atoms with van der Waals surface area (Å²) < 4.78 is 0. The van der Waals surface area contributed by atoms with Gasteiger partial charge in [0.2, 0.25) is 0 Å². The van der Waals surface area contributed by atoms with Crippen LogP contribution in [0.4, 0.5) is 4.79 Å². The number of nitrogens with one attached hydrogen (secondary N) is 1. The van der Waals surface area contributed by atoms with E-state index in [1.807, 2.05) is 23.1 Å². The van der Waals surface area contributed by atoms with Crippen LogP contribution in [-0.2, 0) is 4.79 Å². The predicted octanol–water partition coefficient (Wildman–Crippen LogP) is 3.55. The summed E-state index contributed by atoms with van der Waals surface area (Å²) in [5.74, 6) is -0.834. The molecule has 126 valence electrons. The van der Waals surface area contributed by atoms with Crippen LogP contribution in [0.2, 0.25) is 0 Å². The van der Waals surface area contributed by atoms with Crippen LogP contribution in [0.15, 0.2) is 42.5 Å². The molecule has 0 bridgehead atoms. The topological polar surface area (TPSA) is 69.6 Å². The fraction of sp³-hybridized carbons (Fsp3) is 0.368. The van der Waals surface area contributed by atoms with Crippen LogP contribution in [0.5, 0.6) is 0 Å². The highest BCUT2D eigenvalue weighted by atomic mass is 16.4. The van der Waals surface area contributed by atoms with Gasteiger partial charge in [-0.3, -0.25) is 4.79 Å². The number of carboxylic acids is 1. The van der Waals surface area contributed by atoms with Gasteiger partial charge in [-0.2, -0.15) is 0 Å². The van der Waals surface area contributed by atoms with Crippen molar-refractivity contribution in [3.8, 4) is 0 Å². The van der Waals surface area contributed by atoms with Crippen molar-refractivity contribution in [3.63, 3.8) is 0 Å². The highest BCUT2D eigenvalue weighted by Crippen LogP contribution is 2.35. The number of benzene rings is 2. The maximum absolute atomic E-state index is 12.5. The first-order valence-corrected chi connectivity index (χ1v) is 8.41. The van der Waals surface area contributed by atoms with E-state index in [1.54, 1.807) is 0 Å². The molecule has 1 atom stereocenters. The molecular weight excluding hydrogens is 304 g/mol. The molecule has 2 amide bonds. The second-order valence-electron chi connectivity index (χ2n) is 6.15. The fourth-order valence-electron chi connectivity index (χ4n) is 3.41. The summed E-state index contributed by atoms with van der Waals surface area (Å²) in [6.07, 6.45) is 2.47. The van der Waals surface area contributed by atoms with Gasteiger partial charge in [0.25, 0.3) is 0 Å². The van der Waals surface area contributed by atoms with E-state index in [9.17, 15) is 9.59 Å². The molecule has 5 heteroatoms. The molecule has 2 aromatic rings. The van der Waals surface area contributed by atoms with E-state index in [4.69, 9.17) is 5.11 Å². The summed E-state index contributed by atoms with van der Waals surface area (Å²) in [6.45, 7) is 1.13. The van der Waals surface area contributed by atoms with Gasteiger partial charge >= 0.3 is 12.0 Å². The number of nitrogens with zero attached hydrogens (tertiary/aromatic N) is 1. The fourth-order valence-corrected chi connectivity index (χ4v) is 3.41. The quantitative estimate of drug-likeness (QED) is 0.826. The maximum Gasteiger partial charge on any atom is 0.317 e. The Balaban J connectivity index is 1.73. The number of carbonyl (C=O) groups excluding carboxylic acids is 1. The van der Waals surface area contributed by atoms with Crippen LogP contribution in [0.25, 0.3) is 10.8 Å². The van der Waals surface area contributed by atoms with E-state index >= 15 is 0 Å². The van der Waals surface area contributed by atoms with Crippen molar-refractivity contribution >= 4 is 22.8 Å². The van der Waals surface area contributed by atoms with Gasteiger partial charge < -0.3 is 15.3 Å². The molecule has 0 saturated carbocycles. The molecule has 1 aliphatic heterocycles. The summed E-state index contributed by atoms with van der Waals surface area (Å²) in [4.78, 5) is 24.9. The minimum atomic E-state index is -0.834. The minimum Gasteiger partial charge on any atom is -0.481 e. The number of rotatable bonds is 5. The average molecular weight is 326 g/mol. The van der Waals surface area contributed by atoms with Crippen LogP contribution < -0.4 is 5.32 Å². The molecule has 0 spiro atoms. The number of fused-ring (bicyclic) bond motifs is 1. The second kappa shape index (κ2) is 7.34. The Morgan fingerprint density at radius 1 is 1.17 bits per heavy atom. The Morgan fingerprint density at radius 3 is 2.79 bits per heavy atom. The average Bonchev–Trinajstić information content (AvgIpc) is 3.07. The molecule has 1 saturated heterocycles. The van der Waals surface area contributed by atoms with Crippen molar-refractivity contribution < 1.29 is 14.7 Å². The Hall–Kier alpha value is -2.56. The lowest BCUT2D eigenvalue weighted by Crippen LogP contribution is -2.40. The van der Waals surface area contributed by atoms with Crippen molar-refractivity contribution in [2.45, 2.75) is 31.7 Å². The number of urea groups is 1. The number of carboxylic acid groups (broad SMARTS) is 1. The Bertz CT molecular complexity index is 739. The van der Waals surface area contributed by atoms with Gasteiger partial charge in [-0.15, -0.1) is 0 Å². The first-order valence-electron chi connectivity index (χ1n) is 8.41. The van der Waals surface area contributed by atoms with E-state index in [0.717, 1.165) is 19.4 Å². The molecule has 1 fully saturated rings. The van der Waals surface area contributed by atoms with Gasteiger partial charge in [-0.05, 0) is 35.6 Å². The number of likely N-dealkylation sites (tertiary alicyclic amines) is 1. The molecule has 2 N–H and O–H groups in total. The van der Waals surface area contributed by atoms with Gasteiger partial charge in [-0.1, -0.05) is 42.5 Å². The number of amides is 2. The zero-order valence-corrected chi connectivity index (χ0v) is 13.6. The molecule has 3 rings (SSSR count). The number of hydrogen-bond donors (Lipinski definition) is 2. The lowest BCUT2D eigenvalue weighted by atomic mass is 9.97. The number of aliphatic carboxylic acids is 1. The third-order valence-corrected chi connectivity index (χ3v) is 4.54. The second-order valence-corrected chi connectivity index (χ2v) is 6.15. The third-order valence-electron chi connectivity index (χ3n) is 4.54. The predicted molar refractivity (Wildman–Crippen MR) is 92.9 cm³/mol. The zero-order valence-electron chi connectivity index (χ0n) is 13.6. The van der Waals surface area contributed by atoms with Gasteiger partial charge in [0.15, 0.2) is 0 Å². The molecule has 0 aliphatic carbocycles. The first kappa shape index (κ1) is 16.3. The summed E-state index contributed by atoms with van der Waals surface area (Å²) in [7, 11) is 0. The van der Waals surface area contributed by atoms with Crippen molar-refractivity contribution in [2.75, 3.05) is 13.1 Å². The molecule has 1 heterocycles. The monoisotopic (exact) mass is 326 g/mol. The molecule has 2 aromatic carbocycles. The standard InChI is InChI=1S/C19H22N2O3/c22-18(23)11-4-12-20-19(24)21-13-5-10-17(21)16-9-3-7-14-6-1-2-8-15(14)16/h1-3,6-9,17H,4-5,10-13H2,(H,20,24)(H,22,23). The van der Waals surface area contributed by atoms with Crippen LogP contribution >= 0.6 is 0 Å². The van der Waals surface area contributed by atoms with E-state index in [-0.39, 0.29) is 18.5 Å².